The zero-order valence-electron chi connectivity index (χ0n) is 44.0. The van der Waals surface area contributed by atoms with E-state index < -0.39 is 6.10 Å². The molecule has 0 saturated heterocycles. The Morgan fingerprint density at radius 3 is 0.879 bits per heavy atom. The molecule has 0 radical (unpaired) electrons. The van der Waals surface area contributed by atoms with E-state index in [1.807, 2.05) is 0 Å². The Labute approximate surface area is 409 Å². The molecule has 0 rings (SSSR count). The molecule has 0 spiro atoms. The molecule has 0 saturated carbocycles. The van der Waals surface area contributed by atoms with E-state index in [2.05, 4.69) is 69.4 Å². The molecule has 0 N–H and O–H groups in total. The summed E-state index contributed by atoms with van der Waals surface area (Å²) in [5.74, 6) is -0.888. The summed E-state index contributed by atoms with van der Waals surface area (Å²) in [5.41, 5.74) is 0. The SMILES string of the molecule is CCCCC/C=C/C/C=C/CCCCCCCCCC(=O)OC[C@@H](COC(=O)CCCCCCC/C=C/CCCCCCC)OC(=O)CCCCCCCCC/C=C/CCCCCCCC. The molecule has 0 aromatic rings. The van der Waals surface area contributed by atoms with Gasteiger partial charge in [-0.15, -0.1) is 0 Å². The van der Waals surface area contributed by atoms with E-state index in [1.165, 1.54) is 180 Å². The minimum atomic E-state index is -0.781. The Hall–Kier alpha value is -2.63. The normalized spacial score (nSPS) is 12.3. The molecule has 0 bridgehead atoms. The van der Waals surface area contributed by atoms with Crippen LogP contribution in [0.5, 0.6) is 0 Å². The molecular weight excluding hydrogens is 817 g/mol. The Morgan fingerprint density at radius 1 is 0.303 bits per heavy atom. The monoisotopic (exact) mass is 925 g/mol. The highest BCUT2D eigenvalue weighted by Gasteiger charge is 2.19. The molecule has 0 heterocycles. The van der Waals surface area contributed by atoms with Gasteiger partial charge in [0.2, 0.25) is 0 Å². The third-order valence-electron chi connectivity index (χ3n) is 12.5. The van der Waals surface area contributed by atoms with Crippen molar-refractivity contribution in [3.05, 3.63) is 48.6 Å². The molecule has 66 heavy (non-hydrogen) atoms. The number of allylic oxidation sites excluding steroid dienone is 8. The van der Waals surface area contributed by atoms with Gasteiger partial charge >= 0.3 is 17.9 Å². The standard InChI is InChI=1S/C60H108O6/c1-4-7-10-13-16-19-22-25-28-30-32-35-38-41-44-47-50-53-59(62)65-56-57(55-64-58(61)52-49-46-43-40-37-34-27-24-21-18-15-12-9-6-3)66-60(63)54-51-48-45-42-39-36-33-31-29-26-23-20-17-14-11-8-5-2/h16,19,24-29,57H,4-15,17-18,20-23,30-56H2,1-3H3/b19-16+,27-24+,28-25+,29-26+/t57-/m1/s1. The number of hydrogen-bond donors (Lipinski definition) is 0. The van der Waals surface area contributed by atoms with Crippen molar-refractivity contribution in [2.75, 3.05) is 13.2 Å². The number of hydrogen-bond acceptors (Lipinski definition) is 6. The number of carbonyl (C=O) groups is 3. The number of rotatable bonds is 52. The third kappa shape index (κ3) is 52.3. The average molecular weight is 926 g/mol. The second-order valence-electron chi connectivity index (χ2n) is 19.2. The fourth-order valence-electron chi connectivity index (χ4n) is 8.17. The molecule has 0 aliphatic rings. The van der Waals surface area contributed by atoms with Crippen molar-refractivity contribution in [3.63, 3.8) is 0 Å². The van der Waals surface area contributed by atoms with E-state index in [4.69, 9.17) is 14.2 Å². The lowest BCUT2D eigenvalue weighted by atomic mass is 10.1. The Bertz CT molecular complexity index is 1150. The minimum absolute atomic E-state index is 0.0803. The highest BCUT2D eigenvalue weighted by Crippen LogP contribution is 2.15. The highest BCUT2D eigenvalue weighted by atomic mass is 16.6. The van der Waals surface area contributed by atoms with Gasteiger partial charge in [0, 0.05) is 19.3 Å². The molecular formula is C60H108O6. The van der Waals surface area contributed by atoms with Crippen molar-refractivity contribution in [2.45, 2.75) is 303 Å². The van der Waals surface area contributed by atoms with E-state index in [1.54, 1.807) is 0 Å². The van der Waals surface area contributed by atoms with Crippen LogP contribution in [0.4, 0.5) is 0 Å². The summed E-state index contributed by atoms with van der Waals surface area (Å²) in [6.07, 6.45) is 66.6. The first-order valence-electron chi connectivity index (χ1n) is 28.6. The van der Waals surface area contributed by atoms with Gasteiger partial charge in [-0.05, 0) is 103 Å². The van der Waals surface area contributed by atoms with Crippen molar-refractivity contribution >= 4 is 17.9 Å². The molecule has 0 aromatic heterocycles. The lowest BCUT2D eigenvalue weighted by molar-refractivity contribution is -0.167. The number of carbonyl (C=O) groups excluding carboxylic acids is 3. The smallest absolute Gasteiger partial charge is 0.306 e. The molecule has 6 nitrogen and oxygen atoms in total. The molecule has 6 heteroatoms. The third-order valence-corrected chi connectivity index (χ3v) is 12.5. The highest BCUT2D eigenvalue weighted by molar-refractivity contribution is 5.71. The second-order valence-corrected chi connectivity index (χ2v) is 19.2. The van der Waals surface area contributed by atoms with Crippen LogP contribution in [0.2, 0.25) is 0 Å². The van der Waals surface area contributed by atoms with Crippen LogP contribution in [0.25, 0.3) is 0 Å². The maximum absolute atomic E-state index is 12.8. The zero-order valence-corrected chi connectivity index (χ0v) is 44.0. The summed E-state index contributed by atoms with van der Waals surface area (Å²) in [7, 11) is 0. The Kier molecular flexibility index (Phi) is 52.8. The van der Waals surface area contributed by atoms with Gasteiger partial charge in [0.1, 0.15) is 13.2 Å². The first kappa shape index (κ1) is 63.4. The molecule has 384 valence electrons. The molecule has 0 fully saturated rings. The predicted octanol–water partition coefficient (Wildman–Crippen LogP) is 19.0. The van der Waals surface area contributed by atoms with Crippen molar-refractivity contribution < 1.29 is 28.6 Å². The van der Waals surface area contributed by atoms with E-state index in [-0.39, 0.29) is 31.1 Å². The van der Waals surface area contributed by atoms with E-state index in [0.717, 1.165) is 77.0 Å². The van der Waals surface area contributed by atoms with Gasteiger partial charge in [-0.1, -0.05) is 223 Å². The van der Waals surface area contributed by atoms with Gasteiger partial charge in [-0.3, -0.25) is 14.4 Å². The van der Waals surface area contributed by atoms with Crippen LogP contribution in [-0.2, 0) is 28.6 Å². The largest absolute Gasteiger partial charge is 0.462 e. The molecule has 0 amide bonds. The fourth-order valence-corrected chi connectivity index (χ4v) is 8.17. The summed E-state index contributed by atoms with van der Waals surface area (Å²) in [6.45, 7) is 6.61. The summed E-state index contributed by atoms with van der Waals surface area (Å²) in [6, 6.07) is 0. The second kappa shape index (κ2) is 55.0. The zero-order chi connectivity index (χ0) is 47.9. The van der Waals surface area contributed by atoms with Gasteiger partial charge in [0.15, 0.2) is 6.10 Å². The summed E-state index contributed by atoms with van der Waals surface area (Å²) in [5, 5.41) is 0. The van der Waals surface area contributed by atoms with Gasteiger partial charge in [0.05, 0.1) is 0 Å². The molecule has 0 aliphatic heterocycles. The van der Waals surface area contributed by atoms with Crippen molar-refractivity contribution in [2.24, 2.45) is 0 Å². The Morgan fingerprint density at radius 2 is 0.545 bits per heavy atom. The maximum Gasteiger partial charge on any atom is 0.306 e. The van der Waals surface area contributed by atoms with Crippen molar-refractivity contribution in [3.8, 4) is 0 Å². The van der Waals surface area contributed by atoms with Crippen molar-refractivity contribution in [1.82, 2.24) is 0 Å². The molecule has 0 aliphatic carbocycles. The van der Waals surface area contributed by atoms with Gasteiger partial charge < -0.3 is 14.2 Å². The topological polar surface area (TPSA) is 78.9 Å². The first-order valence-corrected chi connectivity index (χ1v) is 28.6. The van der Waals surface area contributed by atoms with E-state index >= 15 is 0 Å². The van der Waals surface area contributed by atoms with Crippen LogP contribution in [-0.4, -0.2) is 37.2 Å². The van der Waals surface area contributed by atoms with Gasteiger partial charge in [0.25, 0.3) is 0 Å². The molecule has 0 unspecified atom stereocenters. The summed E-state index contributed by atoms with van der Waals surface area (Å²) in [4.78, 5) is 38.1. The van der Waals surface area contributed by atoms with Crippen LogP contribution in [0.15, 0.2) is 48.6 Å². The summed E-state index contributed by atoms with van der Waals surface area (Å²) < 4.78 is 16.9. The van der Waals surface area contributed by atoms with Gasteiger partial charge in [-0.2, -0.15) is 0 Å². The number of ether oxygens (including phenoxy) is 3. The van der Waals surface area contributed by atoms with E-state index in [0.29, 0.717) is 19.3 Å². The quantitative estimate of drug-likeness (QED) is 0.0262. The van der Waals surface area contributed by atoms with Crippen molar-refractivity contribution in [1.29, 1.82) is 0 Å². The Balaban J connectivity index is 4.39. The lowest BCUT2D eigenvalue weighted by Crippen LogP contribution is -2.30. The first-order chi connectivity index (χ1) is 32.5. The minimum Gasteiger partial charge on any atom is -0.462 e. The van der Waals surface area contributed by atoms with Crippen LogP contribution in [0.1, 0.15) is 297 Å². The number of unbranched alkanes of at least 4 members (excludes halogenated alkanes) is 33. The molecule has 1 atom stereocenters. The molecule has 0 aromatic carbocycles. The van der Waals surface area contributed by atoms with E-state index in [9.17, 15) is 14.4 Å². The lowest BCUT2D eigenvalue weighted by Gasteiger charge is -2.18. The van der Waals surface area contributed by atoms with Crippen LogP contribution in [0.3, 0.4) is 0 Å². The number of esters is 3. The van der Waals surface area contributed by atoms with Crippen LogP contribution in [0, 0.1) is 0 Å². The van der Waals surface area contributed by atoms with Crippen LogP contribution < -0.4 is 0 Å². The summed E-state index contributed by atoms with van der Waals surface area (Å²) >= 11 is 0. The average Bonchev–Trinajstić information content (AvgIpc) is 3.31. The predicted molar refractivity (Wildman–Crippen MR) is 284 cm³/mol. The van der Waals surface area contributed by atoms with Gasteiger partial charge in [-0.25, -0.2) is 0 Å². The van der Waals surface area contributed by atoms with Crippen LogP contribution >= 0.6 is 0 Å². The fraction of sp³-hybridized carbons (Fsp3) is 0.817. The maximum atomic E-state index is 12.8.